The largest absolute Gasteiger partial charge is 0.497 e. The Morgan fingerprint density at radius 3 is 2.42 bits per heavy atom. The molecule has 4 aromatic rings. The zero-order valence-corrected chi connectivity index (χ0v) is 18.5. The van der Waals surface area contributed by atoms with E-state index in [1.165, 1.54) is 30.0 Å². The first kappa shape index (κ1) is 22.8. The van der Waals surface area contributed by atoms with Gasteiger partial charge in [-0.25, -0.2) is 0 Å². The number of carbonyl (C=O) groups is 1. The molecule has 0 spiro atoms. The number of aromatic amines is 1. The van der Waals surface area contributed by atoms with Crippen LogP contribution >= 0.6 is 11.8 Å². The van der Waals surface area contributed by atoms with Gasteiger partial charge in [0.25, 0.3) is 5.91 Å². The lowest BCUT2D eigenvalue weighted by Crippen LogP contribution is -2.28. The number of hydrogen-bond donors (Lipinski definition) is 2. The molecule has 0 aliphatic heterocycles. The van der Waals surface area contributed by atoms with Gasteiger partial charge in [0.15, 0.2) is 0 Å². The number of ether oxygens (including phenoxy) is 1. The highest BCUT2D eigenvalue weighted by atomic mass is 32.2. The lowest BCUT2D eigenvalue weighted by Gasteiger charge is -2.12. The fourth-order valence-corrected chi connectivity index (χ4v) is 4.62. The molecule has 3 aromatic carbocycles. The fraction of sp³-hybridized carbons (Fsp3) is 0.160. The Hall–Kier alpha value is -3.39. The lowest BCUT2D eigenvalue weighted by molar-refractivity contribution is -0.137. The average Bonchev–Trinajstić information content (AvgIpc) is 3.19. The van der Waals surface area contributed by atoms with Gasteiger partial charge in [-0.1, -0.05) is 30.3 Å². The van der Waals surface area contributed by atoms with Gasteiger partial charge in [0, 0.05) is 28.1 Å². The number of H-pyrrole nitrogens is 1. The number of hydrogen-bond acceptors (Lipinski definition) is 3. The molecule has 170 valence electrons. The Kier molecular flexibility index (Phi) is 6.65. The van der Waals surface area contributed by atoms with Crippen molar-refractivity contribution in [2.24, 2.45) is 0 Å². The lowest BCUT2D eigenvalue weighted by atomic mass is 10.1. The fourth-order valence-electron chi connectivity index (χ4n) is 3.57. The van der Waals surface area contributed by atoms with E-state index in [0.717, 1.165) is 38.9 Å². The number of para-hydroxylation sites is 1. The summed E-state index contributed by atoms with van der Waals surface area (Å²) in [7, 11) is 1.61. The van der Waals surface area contributed by atoms with E-state index in [4.69, 9.17) is 4.74 Å². The Balaban J connectivity index is 1.49. The molecule has 0 saturated carbocycles. The van der Waals surface area contributed by atoms with Crippen LogP contribution in [0.5, 0.6) is 5.75 Å². The van der Waals surface area contributed by atoms with Crippen LogP contribution in [0.15, 0.2) is 77.7 Å². The third-order valence-corrected chi connectivity index (χ3v) is 6.27. The molecule has 2 N–H and O–H groups in total. The third kappa shape index (κ3) is 5.01. The van der Waals surface area contributed by atoms with Crippen molar-refractivity contribution in [2.45, 2.75) is 11.1 Å². The summed E-state index contributed by atoms with van der Waals surface area (Å²) >= 11 is 1.54. The predicted molar refractivity (Wildman–Crippen MR) is 125 cm³/mol. The molecular weight excluding hydrogens is 449 g/mol. The highest BCUT2D eigenvalue weighted by Gasteiger charge is 2.34. The predicted octanol–water partition coefficient (Wildman–Crippen LogP) is 6.38. The van der Waals surface area contributed by atoms with Crippen molar-refractivity contribution < 1.29 is 22.7 Å². The summed E-state index contributed by atoms with van der Waals surface area (Å²) in [5.41, 5.74) is 1.60. The van der Waals surface area contributed by atoms with Gasteiger partial charge in [0.1, 0.15) is 5.75 Å². The maximum atomic E-state index is 13.2. The highest BCUT2D eigenvalue weighted by Crippen LogP contribution is 2.38. The number of alkyl halides is 3. The van der Waals surface area contributed by atoms with Gasteiger partial charge in [0.2, 0.25) is 0 Å². The summed E-state index contributed by atoms with van der Waals surface area (Å²) in [6.07, 6.45) is -4.58. The van der Waals surface area contributed by atoms with Crippen LogP contribution in [0.25, 0.3) is 22.2 Å². The Morgan fingerprint density at radius 2 is 1.70 bits per heavy atom. The molecule has 0 aliphatic carbocycles. The zero-order valence-electron chi connectivity index (χ0n) is 17.7. The van der Waals surface area contributed by atoms with E-state index in [1.54, 1.807) is 7.11 Å². The molecule has 1 heterocycles. The van der Waals surface area contributed by atoms with Gasteiger partial charge in [0.05, 0.1) is 23.9 Å². The van der Waals surface area contributed by atoms with E-state index in [9.17, 15) is 18.0 Å². The van der Waals surface area contributed by atoms with Gasteiger partial charge >= 0.3 is 6.18 Å². The van der Waals surface area contributed by atoms with Crippen molar-refractivity contribution in [2.75, 3.05) is 19.4 Å². The van der Waals surface area contributed by atoms with Crippen LogP contribution in [0.3, 0.4) is 0 Å². The van der Waals surface area contributed by atoms with E-state index in [1.807, 2.05) is 48.5 Å². The van der Waals surface area contributed by atoms with Crippen molar-refractivity contribution in [3.05, 3.63) is 83.9 Å². The van der Waals surface area contributed by atoms with Gasteiger partial charge in [-0.2, -0.15) is 13.2 Å². The topological polar surface area (TPSA) is 54.1 Å². The third-order valence-electron chi connectivity index (χ3n) is 5.15. The summed E-state index contributed by atoms with van der Waals surface area (Å²) in [6.45, 7) is 0.219. The van der Waals surface area contributed by atoms with E-state index in [-0.39, 0.29) is 12.1 Å². The number of amides is 1. The molecule has 0 radical (unpaired) electrons. The van der Waals surface area contributed by atoms with Gasteiger partial charge in [-0.15, -0.1) is 11.8 Å². The normalized spacial score (nSPS) is 11.5. The SMILES string of the molecule is COc1ccc(-c2[nH]c3ccccc3c2SCCNC(=O)c2ccccc2C(F)(F)F)cc1. The smallest absolute Gasteiger partial charge is 0.417 e. The standard InChI is InChI=1S/C25H21F3N2O2S/c1-32-17-12-10-16(11-13-17)22-23(19-7-3-5-9-21(19)30-22)33-15-14-29-24(31)18-6-2-4-8-20(18)25(26,27)28/h2-13,30H,14-15H2,1H3,(H,29,31). The molecule has 0 fully saturated rings. The van der Waals surface area contributed by atoms with Crippen molar-refractivity contribution in [3.8, 4) is 17.0 Å². The van der Waals surface area contributed by atoms with E-state index >= 15 is 0 Å². The molecule has 8 heteroatoms. The van der Waals surface area contributed by atoms with Crippen LogP contribution in [-0.4, -0.2) is 30.3 Å². The Labute approximate surface area is 193 Å². The number of fused-ring (bicyclic) bond motifs is 1. The van der Waals surface area contributed by atoms with E-state index < -0.39 is 17.6 Å². The van der Waals surface area contributed by atoms with Crippen LogP contribution in [0.2, 0.25) is 0 Å². The Morgan fingerprint density at radius 1 is 1.00 bits per heavy atom. The molecule has 0 atom stereocenters. The number of thioether (sulfide) groups is 1. The number of carbonyl (C=O) groups excluding carboxylic acids is 1. The number of nitrogens with one attached hydrogen (secondary N) is 2. The second kappa shape index (κ2) is 9.62. The summed E-state index contributed by atoms with van der Waals surface area (Å²) in [5.74, 6) is 0.508. The Bertz CT molecular complexity index is 1270. The minimum Gasteiger partial charge on any atom is -0.497 e. The molecule has 0 saturated heterocycles. The minimum atomic E-state index is -4.58. The second-order valence-electron chi connectivity index (χ2n) is 7.25. The van der Waals surface area contributed by atoms with Crippen LogP contribution in [0, 0.1) is 0 Å². The minimum absolute atomic E-state index is 0.219. The van der Waals surface area contributed by atoms with Gasteiger partial charge in [-0.3, -0.25) is 4.79 Å². The summed E-state index contributed by atoms with van der Waals surface area (Å²) in [5, 5.41) is 3.65. The molecule has 0 unspecified atom stereocenters. The number of rotatable bonds is 7. The van der Waals surface area contributed by atoms with Gasteiger partial charge in [-0.05, 0) is 48.0 Å². The second-order valence-corrected chi connectivity index (χ2v) is 8.36. The first-order valence-electron chi connectivity index (χ1n) is 10.2. The first-order valence-corrected chi connectivity index (χ1v) is 11.2. The first-order chi connectivity index (χ1) is 15.9. The summed E-state index contributed by atoms with van der Waals surface area (Å²) < 4.78 is 44.8. The molecule has 4 nitrogen and oxygen atoms in total. The molecule has 0 aliphatic rings. The number of benzene rings is 3. The van der Waals surface area contributed by atoms with Crippen molar-refractivity contribution in [3.63, 3.8) is 0 Å². The maximum absolute atomic E-state index is 13.2. The molecule has 33 heavy (non-hydrogen) atoms. The van der Waals surface area contributed by atoms with Gasteiger partial charge < -0.3 is 15.0 Å². The van der Waals surface area contributed by atoms with Crippen LogP contribution in [0.4, 0.5) is 13.2 Å². The molecular formula is C25H21F3N2O2S. The quantitative estimate of drug-likeness (QED) is 0.243. The van der Waals surface area contributed by atoms with Crippen molar-refractivity contribution >= 4 is 28.6 Å². The number of aromatic nitrogens is 1. The van der Waals surface area contributed by atoms with E-state index in [2.05, 4.69) is 10.3 Å². The van der Waals surface area contributed by atoms with Crippen LogP contribution in [0.1, 0.15) is 15.9 Å². The average molecular weight is 471 g/mol. The molecule has 1 amide bonds. The molecule has 0 bridgehead atoms. The zero-order chi connectivity index (χ0) is 23.4. The van der Waals surface area contributed by atoms with Crippen LogP contribution in [-0.2, 0) is 6.18 Å². The number of halogens is 3. The summed E-state index contributed by atoms with van der Waals surface area (Å²) in [4.78, 5) is 16.9. The highest BCUT2D eigenvalue weighted by molar-refractivity contribution is 7.99. The van der Waals surface area contributed by atoms with Crippen LogP contribution < -0.4 is 10.1 Å². The number of methoxy groups -OCH3 is 1. The van der Waals surface area contributed by atoms with E-state index in [0.29, 0.717) is 5.75 Å². The molecule has 1 aromatic heterocycles. The monoisotopic (exact) mass is 470 g/mol. The van der Waals surface area contributed by atoms with Crippen molar-refractivity contribution in [1.29, 1.82) is 0 Å². The molecule has 4 rings (SSSR count). The maximum Gasteiger partial charge on any atom is 0.417 e. The summed E-state index contributed by atoms with van der Waals surface area (Å²) in [6, 6.07) is 20.4. The van der Waals surface area contributed by atoms with Crippen molar-refractivity contribution in [1.82, 2.24) is 10.3 Å².